The summed E-state index contributed by atoms with van der Waals surface area (Å²) in [4.78, 5) is 73.3. The van der Waals surface area contributed by atoms with Gasteiger partial charge in [-0.1, -0.05) is 23.7 Å². The number of piperazine rings is 2. The van der Waals surface area contributed by atoms with Gasteiger partial charge in [0, 0.05) is 0 Å². The van der Waals surface area contributed by atoms with Crippen molar-refractivity contribution in [1.82, 2.24) is 28.3 Å². The number of carbonyl (C=O) groups is 4. The van der Waals surface area contributed by atoms with Crippen LogP contribution >= 0.6 is 22.9 Å². The Kier molecular flexibility index (Phi) is 10.8. The average molecular weight is 897 g/mol. The molecule has 0 saturated carbocycles. The topological polar surface area (TPSA) is 159 Å². The van der Waals surface area contributed by atoms with Gasteiger partial charge in [-0.15, -0.1) is 0 Å². The third kappa shape index (κ3) is 8.20. The summed E-state index contributed by atoms with van der Waals surface area (Å²) in [6.07, 6.45) is 3.82. The van der Waals surface area contributed by atoms with E-state index < -0.39 is 21.5 Å². The molecule has 55 heavy (non-hydrogen) atoms. The predicted octanol–water partition coefficient (Wildman–Crippen LogP) is 2.24. The number of fused-ring (bicyclic) bond motifs is 3. The molecule has 4 aromatic rings. The van der Waals surface area contributed by atoms with Crippen molar-refractivity contribution in [2.45, 2.75) is 45.2 Å². The van der Waals surface area contributed by atoms with Crippen molar-refractivity contribution in [3.63, 3.8) is 0 Å². The zero-order valence-corrected chi connectivity index (χ0v) is 34.0. The van der Waals surface area contributed by atoms with E-state index in [1.165, 1.54) is 17.5 Å². The Morgan fingerprint density at radius 1 is 0.945 bits per heavy atom. The second kappa shape index (κ2) is 15.9. The summed E-state index contributed by atoms with van der Waals surface area (Å²) in [7, 11) is 0. The van der Waals surface area contributed by atoms with Crippen LogP contribution in [0, 0.1) is 13.8 Å². The number of piperidine rings is 2. The van der Waals surface area contributed by atoms with E-state index >= 15 is 0 Å². The van der Waals surface area contributed by atoms with Crippen LogP contribution < -0.4 is 52.1 Å². The Hall–Kier alpha value is -4.59. The normalized spacial score (nSPS) is 20.2. The van der Waals surface area contributed by atoms with Gasteiger partial charge in [-0.3, -0.25) is 9.59 Å². The number of benzene rings is 2. The number of aryl methyl sites for hydroxylation is 2. The van der Waals surface area contributed by atoms with Crippen LogP contribution in [-0.4, -0.2) is 103 Å². The molecule has 5 fully saturated rings. The molecule has 2 atom stereocenters. The Morgan fingerprint density at radius 3 is 2.49 bits per heavy atom. The van der Waals surface area contributed by atoms with Gasteiger partial charge in [-0.2, -0.15) is 0 Å². The van der Waals surface area contributed by atoms with Crippen LogP contribution in [0.3, 0.4) is 0 Å². The van der Waals surface area contributed by atoms with Gasteiger partial charge >= 0.3 is 272 Å². The zero-order chi connectivity index (χ0) is 38.2. The van der Waals surface area contributed by atoms with Crippen LogP contribution in [0.2, 0.25) is 5.02 Å². The number of halogens is 2. The second-order valence-corrected chi connectivity index (χ2v) is 18.1. The molecule has 9 rings (SSSR count). The molecule has 5 aliphatic heterocycles. The molecule has 7 heterocycles. The maximum absolute atomic E-state index is 13.8. The van der Waals surface area contributed by atoms with Crippen LogP contribution in [-0.2, 0) is 4.79 Å². The number of thiazole rings is 1. The number of imide groups is 1. The van der Waals surface area contributed by atoms with E-state index in [2.05, 4.69) is 49.8 Å². The van der Waals surface area contributed by atoms with Crippen LogP contribution in [0.1, 0.15) is 40.3 Å². The fourth-order valence-corrected chi connectivity index (χ4v) is 10.8. The molecule has 2 bridgehead atoms. The van der Waals surface area contributed by atoms with Crippen LogP contribution in [0.25, 0.3) is 0 Å². The van der Waals surface area contributed by atoms with Gasteiger partial charge in [-0.05, 0) is 18.6 Å². The summed E-state index contributed by atoms with van der Waals surface area (Å²) in [5, 5.41) is 9.54. The average Bonchev–Trinajstić information content (AvgIpc) is 3.65. The van der Waals surface area contributed by atoms with Gasteiger partial charge < -0.3 is 5.32 Å². The number of aromatic nitrogens is 3. The van der Waals surface area contributed by atoms with Crippen molar-refractivity contribution >= 4 is 78.5 Å². The van der Waals surface area contributed by atoms with Gasteiger partial charge in [0.2, 0.25) is 0 Å². The number of nitrogens with one attached hydrogen (secondary N) is 3. The third-order valence-electron chi connectivity index (χ3n) is 10.3. The Labute approximate surface area is 338 Å². The van der Waals surface area contributed by atoms with Crippen molar-refractivity contribution < 1.29 is 40.7 Å². The molecule has 3 N–H and O–H groups in total. The minimum absolute atomic E-state index is 0.155. The molecule has 0 spiro atoms. The standard InChI is InChI=1S/C37H40ClIN11O4S/c1-22-5-3-8-28(38)33(22)45-34(52)29-19-40-36(55-29)43-30-18-31(42-23(2)41-30)46-13-15-47(16-14-46)39-35(53)50-21-26-9-10-27(50)20-49(26)25-7-4-6-24(17-25)48-12-11-32(51)44-37(48)54/h3-8,17-19,26-27H,9-16,20-21H2,1-2H3,(H,45,52)(H,44,51,54)(H,40,41,42,43)/q-1. The Bertz CT molecular complexity index is 2130. The molecule has 288 valence electrons. The van der Waals surface area contributed by atoms with E-state index in [0.717, 1.165) is 68.3 Å². The van der Waals surface area contributed by atoms with Crippen molar-refractivity contribution in [2.24, 2.45) is 0 Å². The number of urea groups is 1. The Balaban J connectivity index is 0.838. The molecule has 5 saturated heterocycles. The maximum atomic E-state index is 13.8. The van der Waals surface area contributed by atoms with E-state index in [9.17, 15) is 19.2 Å². The number of hydrogen-bond donors (Lipinski definition) is 3. The number of carbonyl (C=O) groups excluding carboxylic acids is 4. The number of para-hydroxylation sites is 1. The minimum atomic E-state index is -0.846. The van der Waals surface area contributed by atoms with E-state index in [0.29, 0.717) is 45.5 Å². The predicted molar refractivity (Wildman–Crippen MR) is 208 cm³/mol. The van der Waals surface area contributed by atoms with E-state index in [1.807, 2.05) is 50.2 Å². The molecule has 5 amide bonds. The van der Waals surface area contributed by atoms with Gasteiger partial charge in [0.15, 0.2) is 0 Å². The molecule has 15 nitrogen and oxygen atoms in total. The molecule has 0 aliphatic carbocycles. The molecule has 5 aliphatic rings. The van der Waals surface area contributed by atoms with Crippen molar-refractivity contribution in [3.8, 4) is 0 Å². The van der Waals surface area contributed by atoms with E-state index in [1.54, 1.807) is 11.0 Å². The first-order chi connectivity index (χ1) is 26.6. The number of nitrogens with zero attached hydrogens (tertiary/aromatic N) is 8. The van der Waals surface area contributed by atoms with E-state index in [4.69, 9.17) is 16.6 Å². The second-order valence-electron chi connectivity index (χ2n) is 13.9. The number of rotatable bonds is 9. The fourth-order valence-electron chi connectivity index (χ4n) is 7.45. The summed E-state index contributed by atoms with van der Waals surface area (Å²) >= 11 is 6.68. The Morgan fingerprint density at radius 2 is 1.73 bits per heavy atom. The fraction of sp³-hybridized carbons (Fsp3) is 0.378. The molecular weight excluding hydrogens is 857 g/mol. The summed E-state index contributed by atoms with van der Waals surface area (Å²) < 4.78 is 2.60. The third-order valence-corrected chi connectivity index (χ3v) is 14.2. The number of amides is 5. The summed E-state index contributed by atoms with van der Waals surface area (Å²) in [6, 6.07) is 15.3. The number of anilines is 6. The van der Waals surface area contributed by atoms with Crippen LogP contribution in [0.15, 0.2) is 54.7 Å². The zero-order valence-electron chi connectivity index (χ0n) is 30.3. The molecule has 2 unspecified atom stereocenters. The SMILES string of the molecule is Cc1nc(Nc2ncc(C(=O)Nc3c(C)cccc3Cl)s2)cc(N2CCN([I-]C(=O)N3CC4CCC3CN4c3cccc(N4CCC(=O)NC4=O)c3)CC2)n1. The summed E-state index contributed by atoms with van der Waals surface area (Å²) in [6.45, 7) is 8.60. The van der Waals surface area contributed by atoms with Gasteiger partial charge in [-0.25, -0.2) is 0 Å². The monoisotopic (exact) mass is 896 g/mol. The van der Waals surface area contributed by atoms with Crippen LogP contribution in [0.4, 0.5) is 43.4 Å². The first-order valence-electron chi connectivity index (χ1n) is 18.2. The first kappa shape index (κ1) is 37.3. The molecular formula is C37H40ClIN11O4S-. The molecule has 2 aromatic heterocycles. The van der Waals surface area contributed by atoms with Gasteiger partial charge in [0.1, 0.15) is 0 Å². The van der Waals surface area contributed by atoms with Crippen molar-refractivity contribution in [3.05, 3.63) is 76.0 Å². The van der Waals surface area contributed by atoms with E-state index in [-0.39, 0.29) is 40.3 Å². The van der Waals surface area contributed by atoms with Crippen molar-refractivity contribution in [1.29, 1.82) is 0 Å². The van der Waals surface area contributed by atoms with Gasteiger partial charge in [0.05, 0.1) is 10.7 Å². The summed E-state index contributed by atoms with van der Waals surface area (Å²) in [5.41, 5.74) is 3.26. The van der Waals surface area contributed by atoms with Crippen molar-refractivity contribution in [2.75, 3.05) is 71.1 Å². The summed E-state index contributed by atoms with van der Waals surface area (Å²) in [5.74, 6) is 1.47. The first-order valence-corrected chi connectivity index (χ1v) is 21.4. The molecule has 2 aromatic carbocycles. The quantitative estimate of drug-likeness (QED) is 0.0980. The van der Waals surface area contributed by atoms with Crippen LogP contribution in [0.5, 0.6) is 0 Å². The molecule has 0 radical (unpaired) electrons. The van der Waals surface area contributed by atoms with Gasteiger partial charge in [0.25, 0.3) is 0 Å². The molecule has 18 heteroatoms. The number of hydrogen-bond acceptors (Lipinski definition) is 12.